The second kappa shape index (κ2) is 17.3. The van der Waals surface area contributed by atoms with Crippen LogP contribution in [0.5, 0.6) is 5.75 Å². The van der Waals surface area contributed by atoms with Crippen molar-refractivity contribution in [1.82, 2.24) is 16.0 Å². The van der Waals surface area contributed by atoms with Crippen molar-refractivity contribution < 1.29 is 39.3 Å². The number of nitrogens with one attached hydrogen (secondary N) is 3. The summed E-state index contributed by atoms with van der Waals surface area (Å²) in [5.41, 5.74) is 17.0. The summed E-state index contributed by atoms with van der Waals surface area (Å²) < 4.78 is 0. The number of carboxylic acids is 2. The first kappa shape index (κ1) is 34.6. The number of benzene rings is 1. The van der Waals surface area contributed by atoms with E-state index in [0.29, 0.717) is 12.0 Å². The lowest BCUT2D eigenvalue weighted by Gasteiger charge is -2.26. The fraction of sp³-hybridized carbons (Fsp3) is 0.538. The molecule has 1 aromatic rings. The predicted molar refractivity (Wildman–Crippen MR) is 149 cm³/mol. The highest BCUT2D eigenvalue weighted by Gasteiger charge is 2.31. The summed E-state index contributed by atoms with van der Waals surface area (Å²) in [6.07, 6.45) is -0.112. The van der Waals surface area contributed by atoms with Crippen LogP contribution in [-0.4, -0.2) is 81.7 Å². The first-order valence-corrected chi connectivity index (χ1v) is 13.1. The molecule has 228 valence electrons. The highest BCUT2D eigenvalue weighted by atomic mass is 16.4. The Morgan fingerprint density at radius 1 is 0.854 bits per heavy atom. The molecule has 0 aromatic heterocycles. The summed E-state index contributed by atoms with van der Waals surface area (Å²) in [4.78, 5) is 65.8. The van der Waals surface area contributed by atoms with Crippen molar-refractivity contribution in [3.8, 4) is 5.75 Å². The van der Waals surface area contributed by atoms with Crippen molar-refractivity contribution in [2.75, 3.05) is 6.54 Å². The molecular weight excluding hydrogens is 538 g/mol. The number of amides is 3. The van der Waals surface area contributed by atoms with Gasteiger partial charge >= 0.3 is 11.9 Å². The third-order valence-corrected chi connectivity index (χ3v) is 5.92. The van der Waals surface area contributed by atoms with Crippen molar-refractivity contribution in [3.05, 3.63) is 29.8 Å². The van der Waals surface area contributed by atoms with E-state index in [1.54, 1.807) is 0 Å². The Bertz CT molecular complexity index is 1070. The molecule has 1 aromatic carbocycles. The fourth-order valence-electron chi connectivity index (χ4n) is 3.78. The van der Waals surface area contributed by atoms with E-state index in [9.17, 15) is 34.2 Å². The average Bonchev–Trinajstić information content (AvgIpc) is 2.88. The summed E-state index contributed by atoms with van der Waals surface area (Å²) in [5.74, 6) is -5.01. The van der Waals surface area contributed by atoms with Gasteiger partial charge in [0.25, 0.3) is 0 Å². The van der Waals surface area contributed by atoms with Gasteiger partial charge in [0.2, 0.25) is 17.7 Å². The van der Waals surface area contributed by atoms with E-state index in [1.807, 2.05) is 13.8 Å². The molecule has 0 saturated heterocycles. The minimum atomic E-state index is -1.40. The number of carbonyl (C=O) groups is 5. The van der Waals surface area contributed by atoms with Crippen LogP contribution in [0.2, 0.25) is 0 Å². The molecule has 15 nitrogen and oxygen atoms in total. The maximum Gasteiger partial charge on any atom is 0.326 e. The Hall–Kier alpha value is -4.40. The zero-order chi connectivity index (χ0) is 31.1. The number of hydrogen-bond donors (Lipinski definition) is 9. The van der Waals surface area contributed by atoms with Crippen LogP contribution in [0.1, 0.15) is 51.5 Å². The summed E-state index contributed by atoms with van der Waals surface area (Å²) >= 11 is 0. The summed E-state index contributed by atoms with van der Waals surface area (Å²) in [6, 6.07) is 0.848. The largest absolute Gasteiger partial charge is 0.508 e. The van der Waals surface area contributed by atoms with Crippen LogP contribution < -0.4 is 33.2 Å². The van der Waals surface area contributed by atoms with E-state index in [-0.39, 0.29) is 49.9 Å². The highest BCUT2D eigenvalue weighted by Crippen LogP contribution is 2.12. The molecule has 0 fully saturated rings. The quantitative estimate of drug-likeness (QED) is 0.0564. The van der Waals surface area contributed by atoms with Gasteiger partial charge < -0.3 is 48.5 Å². The van der Waals surface area contributed by atoms with Crippen LogP contribution in [0, 0.1) is 5.92 Å². The molecule has 0 aliphatic carbocycles. The number of nitrogens with zero attached hydrogens (tertiary/aromatic N) is 1. The molecule has 0 saturated carbocycles. The van der Waals surface area contributed by atoms with E-state index in [2.05, 4.69) is 20.9 Å². The molecule has 0 heterocycles. The van der Waals surface area contributed by atoms with Gasteiger partial charge in [-0.15, -0.1) is 0 Å². The van der Waals surface area contributed by atoms with Crippen LogP contribution >= 0.6 is 0 Å². The molecule has 15 heteroatoms. The van der Waals surface area contributed by atoms with E-state index < -0.39 is 60.2 Å². The van der Waals surface area contributed by atoms with Crippen LogP contribution in [0.4, 0.5) is 0 Å². The van der Waals surface area contributed by atoms with Crippen LogP contribution in [0.15, 0.2) is 29.3 Å². The minimum absolute atomic E-state index is 0.0175. The number of phenolic OH excluding ortho intramolecular Hbond substituents is 1. The van der Waals surface area contributed by atoms with Crippen LogP contribution in [0.3, 0.4) is 0 Å². The molecule has 0 spiro atoms. The average molecular weight is 580 g/mol. The van der Waals surface area contributed by atoms with Gasteiger partial charge in [0.05, 0.1) is 6.04 Å². The van der Waals surface area contributed by atoms with Gasteiger partial charge in [-0.25, -0.2) is 4.79 Å². The van der Waals surface area contributed by atoms with E-state index in [1.165, 1.54) is 24.3 Å². The third kappa shape index (κ3) is 14.0. The number of rotatable bonds is 18. The SMILES string of the molecule is CC(C)CC(NC(=O)C(N)CCCN=C(N)N)C(=O)NC(CCC(=O)O)C(=O)NC(Cc1ccc(O)cc1)C(=O)O. The predicted octanol–water partition coefficient (Wildman–Crippen LogP) is -1.23. The third-order valence-electron chi connectivity index (χ3n) is 5.92. The lowest BCUT2D eigenvalue weighted by molar-refractivity contribution is -0.143. The summed E-state index contributed by atoms with van der Waals surface area (Å²) in [7, 11) is 0. The first-order chi connectivity index (χ1) is 19.2. The Morgan fingerprint density at radius 3 is 1.95 bits per heavy atom. The lowest BCUT2D eigenvalue weighted by Crippen LogP contribution is -2.57. The molecule has 0 aliphatic rings. The van der Waals surface area contributed by atoms with Crippen molar-refractivity contribution in [2.24, 2.45) is 28.1 Å². The number of carboxylic acid groups (broad SMARTS) is 2. The van der Waals surface area contributed by atoms with Crippen molar-refractivity contribution in [1.29, 1.82) is 0 Å². The molecular formula is C26H41N7O8. The highest BCUT2D eigenvalue weighted by molar-refractivity contribution is 5.94. The molecule has 0 radical (unpaired) electrons. The molecule has 12 N–H and O–H groups in total. The van der Waals surface area contributed by atoms with E-state index >= 15 is 0 Å². The normalized spacial score (nSPS) is 13.8. The number of phenols is 1. The maximum atomic E-state index is 13.2. The number of hydrogen-bond acceptors (Lipinski definition) is 8. The molecule has 1 rings (SSSR count). The number of aliphatic carboxylic acids is 2. The molecule has 4 unspecified atom stereocenters. The standard InChI is InChI=1S/C26H41N7O8/c1-14(2)12-19(32-22(37)17(27)4-3-11-30-26(28)29)24(39)31-18(9-10-21(35)36)23(38)33-20(25(40)41)13-15-5-7-16(34)8-6-15/h5-8,14,17-20,34H,3-4,9-13,27H2,1-2H3,(H,31,39)(H,32,37)(H,33,38)(H,35,36)(H,40,41)(H4,28,29,30). The Kier molecular flexibility index (Phi) is 14.6. The number of guanidine groups is 1. The van der Waals surface area contributed by atoms with Gasteiger partial charge in [-0.2, -0.15) is 0 Å². The molecule has 3 amide bonds. The summed E-state index contributed by atoms with van der Waals surface area (Å²) in [5, 5.41) is 35.6. The van der Waals surface area contributed by atoms with Gasteiger partial charge in [-0.1, -0.05) is 26.0 Å². The second-order valence-corrected chi connectivity index (χ2v) is 10.0. The maximum absolute atomic E-state index is 13.2. The first-order valence-electron chi connectivity index (χ1n) is 13.1. The number of aromatic hydroxyl groups is 1. The zero-order valence-corrected chi connectivity index (χ0v) is 23.2. The Morgan fingerprint density at radius 2 is 1.41 bits per heavy atom. The number of carbonyl (C=O) groups excluding carboxylic acids is 3. The van der Waals surface area contributed by atoms with Gasteiger partial charge in [0.15, 0.2) is 5.96 Å². The Balaban J connectivity index is 3.00. The Labute approximate surface area is 237 Å². The van der Waals surface area contributed by atoms with Gasteiger partial charge in [0, 0.05) is 19.4 Å². The van der Waals surface area contributed by atoms with Crippen LogP contribution in [0.25, 0.3) is 0 Å². The van der Waals surface area contributed by atoms with Crippen molar-refractivity contribution >= 4 is 35.6 Å². The smallest absolute Gasteiger partial charge is 0.326 e. The minimum Gasteiger partial charge on any atom is -0.508 e. The lowest BCUT2D eigenvalue weighted by atomic mass is 10.0. The molecule has 0 bridgehead atoms. The summed E-state index contributed by atoms with van der Waals surface area (Å²) in [6.45, 7) is 3.90. The number of aliphatic imine (C=N–C) groups is 1. The van der Waals surface area contributed by atoms with E-state index in [4.69, 9.17) is 22.3 Å². The van der Waals surface area contributed by atoms with Crippen molar-refractivity contribution in [2.45, 2.75) is 76.5 Å². The fourth-order valence-corrected chi connectivity index (χ4v) is 3.78. The molecule has 0 aliphatic heterocycles. The van der Waals surface area contributed by atoms with Gasteiger partial charge in [0.1, 0.15) is 23.9 Å². The monoisotopic (exact) mass is 579 g/mol. The van der Waals surface area contributed by atoms with E-state index in [0.717, 1.165) is 0 Å². The van der Waals surface area contributed by atoms with Crippen molar-refractivity contribution in [3.63, 3.8) is 0 Å². The molecule has 4 atom stereocenters. The van der Waals surface area contributed by atoms with Gasteiger partial charge in [-0.3, -0.25) is 24.2 Å². The zero-order valence-electron chi connectivity index (χ0n) is 23.2. The van der Waals surface area contributed by atoms with Crippen LogP contribution in [-0.2, 0) is 30.4 Å². The van der Waals surface area contributed by atoms with Gasteiger partial charge in [-0.05, 0) is 49.3 Å². The molecule has 41 heavy (non-hydrogen) atoms. The second-order valence-electron chi connectivity index (χ2n) is 10.0. The number of nitrogens with two attached hydrogens (primary N) is 3. The topological polar surface area (TPSA) is 273 Å².